The summed E-state index contributed by atoms with van der Waals surface area (Å²) in [6.45, 7) is 0.620. The van der Waals surface area contributed by atoms with Crippen LogP contribution in [0.2, 0.25) is 0 Å². The van der Waals surface area contributed by atoms with Gasteiger partial charge in [-0.15, -0.1) is 11.3 Å². The first kappa shape index (κ1) is 15.2. The lowest BCUT2D eigenvalue weighted by Crippen LogP contribution is -2.34. The van der Waals surface area contributed by atoms with Crippen molar-refractivity contribution < 1.29 is 14.4 Å². The molecule has 4 amide bonds. The number of hydrogen-bond donors (Lipinski definition) is 2. The molecule has 0 saturated heterocycles. The van der Waals surface area contributed by atoms with Gasteiger partial charge in [0, 0.05) is 24.7 Å². The van der Waals surface area contributed by atoms with Crippen LogP contribution in [0.25, 0.3) is 0 Å². The number of imide groups is 1. The zero-order valence-corrected chi connectivity index (χ0v) is 12.9. The molecule has 2 heterocycles. The molecular weight excluding hydrogens is 316 g/mol. The Labute approximate surface area is 136 Å². The summed E-state index contributed by atoms with van der Waals surface area (Å²) in [6, 6.07) is 6.41. The Morgan fingerprint density at radius 3 is 2.48 bits per heavy atom. The summed E-state index contributed by atoms with van der Waals surface area (Å²) in [6.07, 6.45) is 2.08. The fourth-order valence-corrected chi connectivity index (χ4v) is 2.83. The third-order valence-corrected chi connectivity index (χ3v) is 4.06. The molecular formula is C15H14N4O3S. The van der Waals surface area contributed by atoms with Crippen molar-refractivity contribution in [3.63, 3.8) is 0 Å². The monoisotopic (exact) mass is 330 g/mol. The van der Waals surface area contributed by atoms with Gasteiger partial charge in [-0.2, -0.15) is 0 Å². The number of anilines is 1. The lowest BCUT2D eigenvalue weighted by Gasteiger charge is -2.13. The van der Waals surface area contributed by atoms with Crippen LogP contribution in [0.3, 0.4) is 0 Å². The van der Waals surface area contributed by atoms with E-state index in [1.807, 2.05) is 0 Å². The molecule has 0 aliphatic carbocycles. The van der Waals surface area contributed by atoms with Crippen molar-refractivity contribution in [1.82, 2.24) is 15.2 Å². The van der Waals surface area contributed by atoms with Crippen LogP contribution in [-0.2, 0) is 0 Å². The van der Waals surface area contributed by atoms with E-state index in [-0.39, 0.29) is 24.4 Å². The molecule has 1 aromatic carbocycles. The molecule has 0 fully saturated rings. The fourth-order valence-electron chi connectivity index (χ4n) is 2.31. The Bertz CT molecular complexity index is 710. The quantitative estimate of drug-likeness (QED) is 0.647. The Hall–Kier alpha value is -2.74. The number of amides is 4. The maximum Gasteiger partial charge on any atom is 0.321 e. The van der Waals surface area contributed by atoms with Gasteiger partial charge in [-0.3, -0.25) is 19.8 Å². The van der Waals surface area contributed by atoms with E-state index in [9.17, 15) is 14.4 Å². The summed E-state index contributed by atoms with van der Waals surface area (Å²) in [7, 11) is 0. The van der Waals surface area contributed by atoms with Gasteiger partial charge in [0.2, 0.25) is 0 Å². The minimum atomic E-state index is -0.359. The molecule has 1 aliphatic heterocycles. The van der Waals surface area contributed by atoms with Gasteiger partial charge < -0.3 is 5.32 Å². The molecule has 2 N–H and O–H groups in total. The summed E-state index contributed by atoms with van der Waals surface area (Å²) in [5.41, 5.74) is 0.874. The molecule has 8 heteroatoms. The van der Waals surface area contributed by atoms with Crippen LogP contribution in [0.4, 0.5) is 9.93 Å². The van der Waals surface area contributed by atoms with Crippen LogP contribution < -0.4 is 10.6 Å². The van der Waals surface area contributed by atoms with E-state index >= 15 is 0 Å². The van der Waals surface area contributed by atoms with Gasteiger partial charge in [0.1, 0.15) is 0 Å². The number of aromatic nitrogens is 1. The fraction of sp³-hybridized carbons (Fsp3) is 0.200. The number of fused-ring (bicyclic) bond motifs is 1. The third kappa shape index (κ3) is 3.21. The number of urea groups is 1. The maximum atomic E-state index is 12.1. The molecule has 2 aromatic rings. The van der Waals surface area contributed by atoms with Crippen LogP contribution >= 0.6 is 11.3 Å². The Balaban J connectivity index is 1.46. The predicted molar refractivity (Wildman–Crippen MR) is 85.6 cm³/mol. The van der Waals surface area contributed by atoms with Crippen LogP contribution in [-0.4, -0.2) is 40.8 Å². The zero-order chi connectivity index (χ0) is 16.2. The molecule has 0 bridgehead atoms. The third-order valence-electron chi connectivity index (χ3n) is 3.38. The molecule has 3 rings (SSSR count). The lowest BCUT2D eigenvalue weighted by molar-refractivity contribution is 0.0653. The number of benzene rings is 1. The highest BCUT2D eigenvalue weighted by Crippen LogP contribution is 2.22. The van der Waals surface area contributed by atoms with Gasteiger partial charge in [0.15, 0.2) is 5.13 Å². The summed E-state index contributed by atoms with van der Waals surface area (Å²) in [5, 5.41) is 7.53. The van der Waals surface area contributed by atoms with Gasteiger partial charge in [-0.25, -0.2) is 9.78 Å². The van der Waals surface area contributed by atoms with E-state index in [1.54, 1.807) is 35.8 Å². The second-order valence-corrected chi connectivity index (χ2v) is 5.77. The molecule has 23 heavy (non-hydrogen) atoms. The Morgan fingerprint density at radius 1 is 1.17 bits per heavy atom. The summed E-state index contributed by atoms with van der Waals surface area (Å²) >= 11 is 1.32. The highest BCUT2D eigenvalue weighted by Gasteiger charge is 2.34. The minimum absolute atomic E-state index is 0.268. The van der Waals surface area contributed by atoms with Crippen molar-refractivity contribution in [2.75, 3.05) is 18.4 Å². The van der Waals surface area contributed by atoms with Gasteiger partial charge in [0.05, 0.1) is 11.1 Å². The molecule has 118 valence electrons. The molecule has 7 nitrogen and oxygen atoms in total. The molecule has 1 aliphatic rings. The summed E-state index contributed by atoms with van der Waals surface area (Å²) < 4.78 is 0. The summed E-state index contributed by atoms with van der Waals surface area (Å²) in [4.78, 5) is 41.1. The highest BCUT2D eigenvalue weighted by atomic mass is 32.1. The average molecular weight is 330 g/mol. The van der Waals surface area contributed by atoms with Crippen molar-refractivity contribution in [2.24, 2.45) is 0 Å². The van der Waals surface area contributed by atoms with Crippen molar-refractivity contribution >= 4 is 34.3 Å². The standard InChI is InChI=1S/C15H14N4O3S/c20-12-10-4-1-2-5-11(10)13(21)19(12)8-3-6-16-14(22)18-15-17-7-9-23-15/h1-2,4-5,7,9H,3,6,8H2,(H2,16,17,18,22). The number of rotatable bonds is 5. The second kappa shape index (κ2) is 6.57. The van der Waals surface area contributed by atoms with Crippen molar-refractivity contribution in [1.29, 1.82) is 0 Å². The molecule has 0 radical (unpaired) electrons. The predicted octanol–water partition coefficient (Wildman–Crippen LogP) is 1.95. The first-order chi connectivity index (χ1) is 11.2. The molecule has 0 unspecified atom stereocenters. The normalized spacial score (nSPS) is 13.1. The number of nitrogens with zero attached hydrogens (tertiary/aromatic N) is 2. The van der Waals surface area contributed by atoms with E-state index in [1.165, 1.54) is 16.2 Å². The molecule has 0 atom stereocenters. The second-order valence-electron chi connectivity index (χ2n) is 4.88. The first-order valence-electron chi connectivity index (χ1n) is 7.06. The largest absolute Gasteiger partial charge is 0.338 e. The van der Waals surface area contributed by atoms with E-state index in [0.717, 1.165) is 0 Å². The van der Waals surface area contributed by atoms with Gasteiger partial charge in [0.25, 0.3) is 11.8 Å². The lowest BCUT2D eigenvalue weighted by atomic mass is 10.1. The highest BCUT2D eigenvalue weighted by molar-refractivity contribution is 7.13. The van der Waals surface area contributed by atoms with Crippen molar-refractivity contribution in [3.8, 4) is 0 Å². The van der Waals surface area contributed by atoms with Crippen LogP contribution in [0.1, 0.15) is 27.1 Å². The van der Waals surface area contributed by atoms with E-state index in [4.69, 9.17) is 0 Å². The van der Waals surface area contributed by atoms with Crippen molar-refractivity contribution in [3.05, 3.63) is 47.0 Å². The maximum absolute atomic E-state index is 12.1. The topological polar surface area (TPSA) is 91.4 Å². The number of thiazole rings is 1. The number of carbonyl (C=O) groups excluding carboxylic acids is 3. The Kier molecular flexibility index (Phi) is 4.33. The van der Waals surface area contributed by atoms with Crippen LogP contribution in [0.5, 0.6) is 0 Å². The van der Waals surface area contributed by atoms with Crippen LogP contribution in [0, 0.1) is 0 Å². The van der Waals surface area contributed by atoms with Gasteiger partial charge >= 0.3 is 6.03 Å². The number of hydrogen-bond acceptors (Lipinski definition) is 5. The SMILES string of the molecule is O=C(NCCCN1C(=O)c2ccccc2C1=O)Nc1nccs1. The smallest absolute Gasteiger partial charge is 0.321 e. The zero-order valence-electron chi connectivity index (χ0n) is 12.1. The minimum Gasteiger partial charge on any atom is -0.338 e. The molecule has 0 spiro atoms. The average Bonchev–Trinajstić information content (AvgIpc) is 3.14. The number of carbonyl (C=O) groups is 3. The molecule has 0 saturated carbocycles. The van der Waals surface area contributed by atoms with E-state index in [2.05, 4.69) is 15.6 Å². The van der Waals surface area contributed by atoms with E-state index < -0.39 is 0 Å². The Morgan fingerprint density at radius 2 is 1.87 bits per heavy atom. The summed E-state index contributed by atoms with van der Waals surface area (Å²) in [5.74, 6) is -0.560. The molecule has 1 aromatic heterocycles. The van der Waals surface area contributed by atoms with Crippen molar-refractivity contribution in [2.45, 2.75) is 6.42 Å². The van der Waals surface area contributed by atoms with Gasteiger partial charge in [-0.05, 0) is 18.6 Å². The number of nitrogens with one attached hydrogen (secondary N) is 2. The van der Waals surface area contributed by atoms with Crippen LogP contribution in [0.15, 0.2) is 35.8 Å². The first-order valence-corrected chi connectivity index (χ1v) is 7.94. The van der Waals surface area contributed by atoms with Gasteiger partial charge in [-0.1, -0.05) is 12.1 Å². The van der Waals surface area contributed by atoms with E-state index in [0.29, 0.717) is 29.2 Å².